The van der Waals surface area contributed by atoms with Gasteiger partial charge < -0.3 is 10.2 Å². The molecule has 140 valence electrons. The van der Waals surface area contributed by atoms with Crippen LogP contribution >= 0.6 is 0 Å². The Labute approximate surface area is 151 Å². The normalized spacial score (nSPS) is 21.4. The third kappa shape index (κ3) is 3.70. The summed E-state index contributed by atoms with van der Waals surface area (Å²) in [6.07, 6.45) is -0.137. The second kappa shape index (κ2) is 7.04. The van der Waals surface area contributed by atoms with Crippen LogP contribution in [0.4, 0.5) is 4.79 Å². The number of carbonyl (C=O) groups excluding carboxylic acids is 3. The van der Waals surface area contributed by atoms with Crippen LogP contribution in [0.2, 0.25) is 0 Å². The average Bonchev–Trinajstić information content (AvgIpc) is 2.92. The fourth-order valence-corrected chi connectivity index (χ4v) is 4.37. The molecule has 2 fully saturated rings. The summed E-state index contributed by atoms with van der Waals surface area (Å²) in [6, 6.07) is 5.15. The number of benzene rings is 1. The van der Waals surface area contributed by atoms with Gasteiger partial charge in [-0.15, -0.1) is 0 Å². The number of aryl methyl sites for hydroxylation is 1. The van der Waals surface area contributed by atoms with Gasteiger partial charge in [-0.2, -0.15) is 4.31 Å². The van der Waals surface area contributed by atoms with E-state index in [1.54, 1.807) is 24.3 Å². The molecule has 1 aromatic carbocycles. The summed E-state index contributed by atoms with van der Waals surface area (Å²) in [5.74, 6) is -0.816. The van der Waals surface area contributed by atoms with Gasteiger partial charge in [0.05, 0.1) is 11.3 Å². The zero-order chi connectivity index (χ0) is 18.9. The van der Waals surface area contributed by atoms with Crippen LogP contribution < -0.4 is 10.6 Å². The lowest BCUT2D eigenvalue weighted by Crippen LogP contribution is -2.51. The van der Waals surface area contributed by atoms with Gasteiger partial charge in [-0.1, -0.05) is 17.7 Å². The number of urea groups is 1. The molecular weight excluding hydrogens is 360 g/mol. The van der Waals surface area contributed by atoms with Crippen LogP contribution in [0.15, 0.2) is 29.2 Å². The highest BCUT2D eigenvalue weighted by Crippen LogP contribution is 2.18. The molecule has 10 heteroatoms. The highest BCUT2D eigenvalue weighted by Gasteiger charge is 2.35. The van der Waals surface area contributed by atoms with Crippen molar-refractivity contribution in [3.63, 3.8) is 0 Å². The molecule has 3 rings (SSSR count). The Hall–Kier alpha value is -2.46. The van der Waals surface area contributed by atoms with E-state index in [4.69, 9.17) is 0 Å². The maximum atomic E-state index is 12.7. The predicted octanol–water partition coefficient (Wildman–Crippen LogP) is -0.574. The van der Waals surface area contributed by atoms with Crippen molar-refractivity contribution in [2.75, 3.05) is 26.2 Å². The van der Waals surface area contributed by atoms with E-state index in [1.807, 2.05) is 6.92 Å². The van der Waals surface area contributed by atoms with Gasteiger partial charge in [0.2, 0.25) is 15.9 Å². The first-order valence-corrected chi connectivity index (χ1v) is 9.67. The lowest BCUT2D eigenvalue weighted by atomic mass is 10.2. The topological polar surface area (TPSA) is 116 Å². The first-order chi connectivity index (χ1) is 12.3. The highest BCUT2D eigenvalue weighted by atomic mass is 32.2. The Morgan fingerprint density at radius 2 is 1.73 bits per heavy atom. The first kappa shape index (κ1) is 18.3. The van der Waals surface area contributed by atoms with Crippen molar-refractivity contribution < 1.29 is 22.8 Å². The van der Waals surface area contributed by atoms with Crippen molar-refractivity contribution in [2.45, 2.75) is 24.3 Å². The largest absolute Gasteiger partial charge is 0.340 e. The van der Waals surface area contributed by atoms with Gasteiger partial charge in [0.25, 0.3) is 5.91 Å². The average molecular weight is 380 g/mol. The standard InChI is InChI=1S/C16H20N4O5S/c1-11-2-4-12(5-3-11)26(24,25)20-8-6-19(7-9-20)14(21)10-13-15(22)18-16(23)17-13/h2-5,13H,6-10H2,1H3,(H2,17,18,22,23)/t13-/m0/s1. The van der Waals surface area contributed by atoms with Gasteiger partial charge in [0, 0.05) is 26.2 Å². The summed E-state index contributed by atoms with van der Waals surface area (Å²) in [5, 5.41) is 4.46. The smallest absolute Gasteiger partial charge is 0.322 e. The summed E-state index contributed by atoms with van der Waals surface area (Å²) in [5.41, 5.74) is 0.974. The van der Waals surface area contributed by atoms with Gasteiger partial charge >= 0.3 is 6.03 Å². The van der Waals surface area contributed by atoms with E-state index in [0.29, 0.717) is 0 Å². The van der Waals surface area contributed by atoms with E-state index in [1.165, 1.54) is 9.21 Å². The summed E-state index contributed by atoms with van der Waals surface area (Å²) in [4.78, 5) is 36.6. The summed E-state index contributed by atoms with van der Waals surface area (Å²) in [7, 11) is -3.59. The van der Waals surface area contributed by atoms with Crippen molar-refractivity contribution in [3.8, 4) is 0 Å². The summed E-state index contributed by atoms with van der Waals surface area (Å²) < 4.78 is 26.7. The SMILES string of the molecule is Cc1ccc(S(=O)(=O)N2CCN(C(=O)C[C@@H]3NC(=O)NC3=O)CC2)cc1. The molecule has 2 N–H and O–H groups in total. The number of imide groups is 1. The molecule has 0 radical (unpaired) electrons. The lowest BCUT2D eigenvalue weighted by molar-refractivity contribution is -0.134. The molecule has 0 unspecified atom stereocenters. The number of hydrogen-bond acceptors (Lipinski definition) is 5. The fourth-order valence-electron chi connectivity index (χ4n) is 2.94. The Balaban J connectivity index is 1.58. The van der Waals surface area contributed by atoms with Crippen LogP contribution in [-0.4, -0.2) is 67.7 Å². The molecule has 2 heterocycles. The van der Waals surface area contributed by atoms with Crippen molar-refractivity contribution in [1.29, 1.82) is 0 Å². The maximum absolute atomic E-state index is 12.7. The second-order valence-electron chi connectivity index (χ2n) is 6.32. The van der Waals surface area contributed by atoms with Gasteiger partial charge in [0.15, 0.2) is 0 Å². The molecule has 26 heavy (non-hydrogen) atoms. The third-order valence-corrected chi connectivity index (χ3v) is 6.40. The van der Waals surface area contributed by atoms with Crippen LogP contribution in [0, 0.1) is 6.92 Å². The molecule has 2 aliphatic rings. The highest BCUT2D eigenvalue weighted by molar-refractivity contribution is 7.89. The van der Waals surface area contributed by atoms with Gasteiger partial charge in [-0.3, -0.25) is 14.9 Å². The predicted molar refractivity (Wildman–Crippen MR) is 91.6 cm³/mol. The molecule has 0 saturated carbocycles. The number of carbonyl (C=O) groups is 3. The number of hydrogen-bond donors (Lipinski definition) is 2. The second-order valence-corrected chi connectivity index (χ2v) is 8.26. The minimum absolute atomic E-state index is 0.137. The number of sulfonamides is 1. The van der Waals surface area contributed by atoms with Crippen LogP contribution in [-0.2, 0) is 19.6 Å². The van der Waals surface area contributed by atoms with Crippen molar-refractivity contribution in [3.05, 3.63) is 29.8 Å². The van der Waals surface area contributed by atoms with Crippen LogP contribution in [0.3, 0.4) is 0 Å². The quantitative estimate of drug-likeness (QED) is 0.679. The van der Waals surface area contributed by atoms with E-state index < -0.39 is 28.0 Å². The van der Waals surface area contributed by atoms with Crippen molar-refractivity contribution in [1.82, 2.24) is 19.8 Å². The molecular formula is C16H20N4O5S. The molecule has 1 atom stereocenters. The molecule has 0 bridgehead atoms. The van der Waals surface area contributed by atoms with E-state index in [2.05, 4.69) is 10.6 Å². The van der Waals surface area contributed by atoms with Crippen molar-refractivity contribution >= 4 is 27.9 Å². The van der Waals surface area contributed by atoms with Gasteiger partial charge in [0.1, 0.15) is 6.04 Å². The third-order valence-electron chi connectivity index (χ3n) is 4.49. The maximum Gasteiger partial charge on any atom is 0.322 e. The van der Waals surface area contributed by atoms with Crippen LogP contribution in [0.5, 0.6) is 0 Å². The Kier molecular flexibility index (Phi) is 4.97. The molecule has 1 aromatic rings. The zero-order valence-corrected chi connectivity index (χ0v) is 15.1. The van der Waals surface area contributed by atoms with Gasteiger partial charge in [-0.25, -0.2) is 13.2 Å². The van der Waals surface area contributed by atoms with E-state index >= 15 is 0 Å². The van der Waals surface area contributed by atoms with Crippen LogP contribution in [0.1, 0.15) is 12.0 Å². The molecule has 4 amide bonds. The number of nitrogens with zero attached hydrogens (tertiary/aromatic N) is 2. The number of rotatable bonds is 4. The summed E-state index contributed by atoms with van der Waals surface area (Å²) in [6.45, 7) is 2.74. The molecule has 0 aromatic heterocycles. The molecule has 2 aliphatic heterocycles. The lowest BCUT2D eigenvalue weighted by Gasteiger charge is -2.34. The number of piperazine rings is 1. The van der Waals surface area contributed by atoms with E-state index in [9.17, 15) is 22.8 Å². The first-order valence-electron chi connectivity index (χ1n) is 8.23. The Morgan fingerprint density at radius 1 is 1.12 bits per heavy atom. The molecule has 9 nitrogen and oxygen atoms in total. The minimum Gasteiger partial charge on any atom is -0.340 e. The Morgan fingerprint density at radius 3 is 2.27 bits per heavy atom. The molecule has 0 spiro atoms. The van der Waals surface area contributed by atoms with Crippen molar-refractivity contribution in [2.24, 2.45) is 0 Å². The number of nitrogens with one attached hydrogen (secondary N) is 2. The Bertz CT molecular complexity index is 829. The van der Waals surface area contributed by atoms with E-state index in [0.717, 1.165) is 5.56 Å². The minimum atomic E-state index is -3.59. The van der Waals surface area contributed by atoms with Gasteiger partial charge in [-0.05, 0) is 19.1 Å². The molecule has 0 aliphatic carbocycles. The van der Waals surface area contributed by atoms with E-state index in [-0.39, 0.29) is 43.4 Å². The fraction of sp³-hybridized carbons (Fsp3) is 0.438. The number of amides is 4. The summed E-state index contributed by atoms with van der Waals surface area (Å²) >= 11 is 0. The zero-order valence-electron chi connectivity index (χ0n) is 14.3. The van der Waals surface area contributed by atoms with Crippen LogP contribution in [0.25, 0.3) is 0 Å². The monoisotopic (exact) mass is 380 g/mol. The molecule has 2 saturated heterocycles.